The van der Waals surface area contributed by atoms with Gasteiger partial charge >= 0.3 is 0 Å². The fraction of sp³-hybridized carbons (Fsp3) is 0.273. The normalized spacial score (nSPS) is 23.0. The molecule has 1 amide bonds. The van der Waals surface area contributed by atoms with Crippen molar-refractivity contribution in [3.8, 4) is 0 Å². The lowest BCUT2D eigenvalue weighted by Gasteiger charge is -2.00. The van der Waals surface area contributed by atoms with Crippen LogP contribution in [0.5, 0.6) is 0 Å². The minimum atomic E-state index is -0.0438. The summed E-state index contributed by atoms with van der Waals surface area (Å²) < 4.78 is 0. The molecule has 5 heteroatoms. The van der Waals surface area contributed by atoms with Gasteiger partial charge in [0.25, 0.3) is 5.91 Å². The first-order chi connectivity index (χ1) is 7.84. The van der Waals surface area contributed by atoms with E-state index in [0.717, 1.165) is 6.42 Å². The Hall–Kier alpha value is -1.20. The molecular weight excluding hydrogens is 240 g/mol. The number of thiazole rings is 1. The van der Waals surface area contributed by atoms with Gasteiger partial charge in [-0.25, -0.2) is 4.98 Å². The zero-order chi connectivity index (χ0) is 11.0. The molecule has 16 heavy (non-hydrogen) atoms. The number of nitrogens with zero attached hydrogens (tertiary/aromatic N) is 1. The maximum Gasteiger partial charge on any atom is 0.280 e. The van der Waals surface area contributed by atoms with Crippen LogP contribution in [0, 0.1) is 0 Å². The summed E-state index contributed by atoms with van der Waals surface area (Å²) in [7, 11) is 0. The number of aromatic nitrogens is 1. The molecule has 0 spiro atoms. The van der Waals surface area contributed by atoms with E-state index in [4.69, 9.17) is 0 Å². The number of carbonyl (C=O) groups excluding carboxylic acids is 1. The van der Waals surface area contributed by atoms with Crippen molar-refractivity contribution in [1.82, 2.24) is 10.3 Å². The second-order valence-corrected chi connectivity index (χ2v) is 5.49. The van der Waals surface area contributed by atoms with Crippen LogP contribution in [0.2, 0.25) is 0 Å². The molecule has 3 rings (SSSR count). The summed E-state index contributed by atoms with van der Waals surface area (Å²) in [5.41, 5.74) is 1.34. The van der Waals surface area contributed by atoms with Crippen LogP contribution in [-0.4, -0.2) is 16.9 Å². The highest BCUT2D eigenvalue weighted by Gasteiger charge is 2.40. The largest absolute Gasteiger partial charge is 0.347 e. The van der Waals surface area contributed by atoms with Crippen LogP contribution >= 0.6 is 22.7 Å². The topological polar surface area (TPSA) is 42.0 Å². The number of nitrogens with one attached hydrogen (secondary N) is 1. The van der Waals surface area contributed by atoms with Gasteiger partial charge in [-0.2, -0.15) is 11.3 Å². The van der Waals surface area contributed by atoms with Crippen molar-refractivity contribution in [2.24, 2.45) is 0 Å². The van der Waals surface area contributed by atoms with E-state index in [0.29, 0.717) is 17.0 Å². The van der Waals surface area contributed by atoms with Gasteiger partial charge < -0.3 is 5.32 Å². The number of hydrogen-bond donors (Lipinski definition) is 1. The number of hydrogen-bond acceptors (Lipinski definition) is 4. The van der Waals surface area contributed by atoms with E-state index in [9.17, 15) is 4.79 Å². The molecule has 0 saturated heterocycles. The molecule has 2 heterocycles. The Morgan fingerprint density at radius 3 is 3.12 bits per heavy atom. The molecule has 1 aliphatic carbocycles. The third-order valence-electron chi connectivity index (χ3n) is 2.70. The SMILES string of the molecule is O=C(N[C@@H]1C[C@H]1c1ccsc1)c1nccs1. The quantitative estimate of drug-likeness (QED) is 0.909. The predicted molar refractivity (Wildman–Crippen MR) is 65.0 cm³/mol. The molecule has 1 saturated carbocycles. The van der Waals surface area contributed by atoms with E-state index in [2.05, 4.69) is 27.1 Å². The third kappa shape index (κ3) is 1.88. The number of rotatable bonds is 3. The molecule has 1 N–H and O–H groups in total. The van der Waals surface area contributed by atoms with Crippen molar-refractivity contribution in [2.45, 2.75) is 18.4 Å². The molecule has 0 bridgehead atoms. The van der Waals surface area contributed by atoms with Gasteiger partial charge in [0.1, 0.15) is 0 Å². The molecule has 2 atom stereocenters. The van der Waals surface area contributed by atoms with Crippen molar-refractivity contribution in [2.75, 3.05) is 0 Å². The van der Waals surface area contributed by atoms with Crippen molar-refractivity contribution in [3.63, 3.8) is 0 Å². The zero-order valence-electron chi connectivity index (χ0n) is 8.42. The third-order valence-corrected chi connectivity index (χ3v) is 4.18. The Labute approximate surface area is 101 Å². The van der Waals surface area contributed by atoms with Gasteiger partial charge in [0.15, 0.2) is 5.01 Å². The summed E-state index contributed by atoms with van der Waals surface area (Å²) in [6.07, 6.45) is 2.71. The van der Waals surface area contributed by atoms with Gasteiger partial charge in [0.2, 0.25) is 0 Å². The summed E-state index contributed by atoms with van der Waals surface area (Å²) in [5, 5.41) is 9.61. The Kier molecular flexibility index (Phi) is 2.49. The number of amides is 1. The van der Waals surface area contributed by atoms with Gasteiger partial charge in [-0.05, 0) is 28.8 Å². The standard InChI is InChI=1S/C11H10N2OS2/c14-10(11-12-2-4-16-11)13-9-5-8(9)7-1-3-15-6-7/h1-4,6,8-9H,5H2,(H,13,14)/t8-,9+/m0/s1. The van der Waals surface area contributed by atoms with Crippen LogP contribution in [-0.2, 0) is 0 Å². The highest BCUT2D eigenvalue weighted by Crippen LogP contribution is 2.41. The summed E-state index contributed by atoms with van der Waals surface area (Å²) >= 11 is 3.08. The lowest BCUT2D eigenvalue weighted by atomic mass is 10.2. The lowest BCUT2D eigenvalue weighted by Crippen LogP contribution is -2.26. The Morgan fingerprint density at radius 1 is 1.50 bits per heavy atom. The van der Waals surface area contributed by atoms with Crippen molar-refractivity contribution in [3.05, 3.63) is 39.0 Å². The van der Waals surface area contributed by atoms with E-state index in [1.807, 2.05) is 5.38 Å². The second-order valence-electron chi connectivity index (χ2n) is 3.82. The molecule has 1 fully saturated rings. The van der Waals surface area contributed by atoms with Crippen molar-refractivity contribution >= 4 is 28.6 Å². The lowest BCUT2D eigenvalue weighted by molar-refractivity contribution is 0.0950. The van der Waals surface area contributed by atoms with E-state index < -0.39 is 0 Å². The minimum absolute atomic E-state index is 0.0438. The summed E-state index contributed by atoms with van der Waals surface area (Å²) in [4.78, 5) is 15.7. The van der Waals surface area contributed by atoms with E-state index in [1.165, 1.54) is 16.9 Å². The average molecular weight is 250 g/mol. The van der Waals surface area contributed by atoms with Crippen LogP contribution in [0.15, 0.2) is 28.4 Å². The second kappa shape index (κ2) is 3.99. The molecule has 0 unspecified atom stereocenters. The van der Waals surface area contributed by atoms with Crippen LogP contribution in [0.1, 0.15) is 27.7 Å². The van der Waals surface area contributed by atoms with Gasteiger partial charge in [0, 0.05) is 23.5 Å². The highest BCUT2D eigenvalue weighted by molar-refractivity contribution is 7.11. The Morgan fingerprint density at radius 2 is 2.44 bits per heavy atom. The predicted octanol–water partition coefficient (Wildman–Crippen LogP) is 2.49. The van der Waals surface area contributed by atoms with Crippen LogP contribution in [0.25, 0.3) is 0 Å². The molecule has 3 nitrogen and oxygen atoms in total. The zero-order valence-corrected chi connectivity index (χ0v) is 10.1. The maximum atomic E-state index is 11.7. The van der Waals surface area contributed by atoms with Crippen molar-refractivity contribution in [1.29, 1.82) is 0 Å². The Bertz CT molecular complexity index is 478. The summed E-state index contributed by atoms with van der Waals surface area (Å²) in [6, 6.07) is 2.43. The fourth-order valence-corrected chi connectivity index (χ4v) is 3.04. The monoisotopic (exact) mass is 250 g/mol. The number of carbonyl (C=O) groups is 1. The fourth-order valence-electron chi connectivity index (χ4n) is 1.77. The highest BCUT2D eigenvalue weighted by atomic mass is 32.1. The van der Waals surface area contributed by atoms with Gasteiger partial charge in [-0.1, -0.05) is 0 Å². The van der Waals surface area contributed by atoms with Crippen LogP contribution in [0.4, 0.5) is 0 Å². The first kappa shape index (κ1) is 9.99. The average Bonchev–Trinajstić information content (AvgIpc) is 2.84. The first-order valence-electron chi connectivity index (χ1n) is 5.07. The summed E-state index contributed by atoms with van der Waals surface area (Å²) in [6.45, 7) is 0. The maximum absolute atomic E-state index is 11.7. The van der Waals surface area contributed by atoms with Gasteiger partial charge in [-0.15, -0.1) is 11.3 Å². The molecule has 1 aliphatic rings. The van der Waals surface area contributed by atoms with Gasteiger partial charge in [0.05, 0.1) is 0 Å². The summed E-state index contributed by atoms with van der Waals surface area (Å²) in [5.74, 6) is 0.466. The molecule has 0 radical (unpaired) electrons. The smallest absolute Gasteiger partial charge is 0.280 e. The van der Waals surface area contributed by atoms with E-state index in [-0.39, 0.29) is 5.91 Å². The minimum Gasteiger partial charge on any atom is -0.347 e. The van der Waals surface area contributed by atoms with Crippen LogP contribution < -0.4 is 5.32 Å². The van der Waals surface area contributed by atoms with Crippen LogP contribution in [0.3, 0.4) is 0 Å². The first-order valence-corrected chi connectivity index (χ1v) is 6.89. The molecular formula is C11H10N2OS2. The van der Waals surface area contributed by atoms with E-state index in [1.54, 1.807) is 17.5 Å². The molecule has 82 valence electrons. The van der Waals surface area contributed by atoms with Gasteiger partial charge in [-0.3, -0.25) is 4.79 Å². The Balaban J connectivity index is 1.61. The molecule has 2 aromatic heterocycles. The van der Waals surface area contributed by atoms with E-state index >= 15 is 0 Å². The molecule has 2 aromatic rings. The number of thiophene rings is 1. The van der Waals surface area contributed by atoms with Crippen molar-refractivity contribution < 1.29 is 4.79 Å². The molecule has 0 aromatic carbocycles. The molecule has 0 aliphatic heterocycles.